The van der Waals surface area contributed by atoms with Crippen LogP contribution in [0.2, 0.25) is 0 Å². The maximum Gasteiger partial charge on any atom is 0.108 e. The summed E-state index contributed by atoms with van der Waals surface area (Å²) in [6.45, 7) is 9.30. The molecule has 0 aliphatic carbocycles. The van der Waals surface area contributed by atoms with E-state index in [2.05, 4.69) is 63.2 Å². The molecule has 2 aliphatic rings. The first-order valence-corrected chi connectivity index (χ1v) is 11.3. The van der Waals surface area contributed by atoms with E-state index in [1.807, 2.05) is 11.3 Å². The lowest BCUT2D eigenvalue weighted by atomic mass is 10.1. The lowest BCUT2D eigenvalue weighted by molar-refractivity contribution is 0.0227. The highest BCUT2D eigenvalue weighted by atomic mass is 32.1. The first-order chi connectivity index (χ1) is 13.8. The monoisotopic (exact) mass is 397 g/mol. The molecule has 0 unspecified atom stereocenters. The number of hydrogen-bond donors (Lipinski definition) is 0. The maximum atomic E-state index is 6.02. The van der Waals surface area contributed by atoms with Crippen LogP contribution in [0.1, 0.15) is 18.4 Å². The largest absolute Gasteiger partial charge is 0.365 e. The van der Waals surface area contributed by atoms with Crippen molar-refractivity contribution in [2.75, 3.05) is 59.5 Å². The highest BCUT2D eigenvalue weighted by molar-refractivity contribution is 7.17. The number of piperidine rings is 1. The molecule has 4 rings (SSSR count). The van der Waals surface area contributed by atoms with Gasteiger partial charge in [0.2, 0.25) is 0 Å². The van der Waals surface area contributed by atoms with Crippen molar-refractivity contribution in [3.63, 3.8) is 0 Å². The second-order valence-corrected chi connectivity index (χ2v) is 8.89. The van der Waals surface area contributed by atoms with Gasteiger partial charge in [-0.25, -0.2) is 0 Å². The van der Waals surface area contributed by atoms with Gasteiger partial charge in [0, 0.05) is 50.5 Å². The molecule has 4 nitrogen and oxygen atoms in total. The minimum atomic E-state index is 0.369. The highest BCUT2D eigenvalue weighted by Gasteiger charge is 2.20. The Kier molecular flexibility index (Phi) is 7.00. The third-order valence-electron chi connectivity index (χ3n) is 5.90. The molecule has 0 saturated carbocycles. The van der Waals surface area contributed by atoms with Crippen LogP contribution >= 0.6 is 11.3 Å². The van der Waals surface area contributed by atoms with Gasteiger partial charge in [-0.3, -0.25) is 9.80 Å². The number of nitrogens with zero attached hydrogens (tertiary/aromatic N) is 3. The average Bonchev–Trinajstić information content (AvgIpc) is 3.13. The van der Waals surface area contributed by atoms with E-state index in [1.54, 1.807) is 0 Å². The van der Waals surface area contributed by atoms with E-state index in [4.69, 9.17) is 4.74 Å². The molecular formula is C23H31N3OS. The molecule has 3 heterocycles. The van der Waals surface area contributed by atoms with Crippen molar-refractivity contribution < 1.29 is 4.74 Å². The van der Waals surface area contributed by atoms with Gasteiger partial charge in [-0.05, 0) is 42.3 Å². The first-order valence-electron chi connectivity index (χ1n) is 10.4. The van der Waals surface area contributed by atoms with Crippen LogP contribution in [0, 0.1) is 11.8 Å². The number of likely N-dealkylation sites (tertiary alicyclic amines) is 1. The smallest absolute Gasteiger partial charge is 0.108 e. The standard InChI is InChI=1S/C23H31N3OS/c1-24-13-15-25(16-14-24)10-4-5-17-27-21-8-11-26(12-9-21)18-20-19-28-23-7-3-2-6-22(20)23/h2-3,6-7,19,21H,8-18H2,1H3. The molecule has 0 atom stereocenters. The molecule has 150 valence electrons. The molecule has 28 heavy (non-hydrogen) atoms. The number of likely N-dealkylation sites (N-methyl/N-ethyl adjacent to an activating group) is 1. The van der Waals surface area contributed by atoms with Gasteiger partial charge in [-0.2, -0.15) is 0 Å². The minimum Gasteiger partial charge on any atom is -0.365 e. The van der Waals surface area contributed by atoms with E-state index >= 15 is 0 Å². The van der Waals surface area contributed by atoms with Crippen LogP contribution in [0.4, 0.5) is 0 Å². The van der Waals surface area contributed by atoms with Gasteiger partial charge in [-0.1, -0.05) is 30.0 Å². The molecule has 0 amide bonds. The predicted molar refractivity (Wildman–Crippen MR) is 118 cm³/mol. The normalized spacial score (nSPS) is 20.3. The molecule has 1 aromatic carbocycles. The molecule has 0 radical (unpaired) electrons. The van der Waals surface area contributed by atoms with E-state index in [1.165, 1.54) is 15.6 Å². The number of fused-ring (bicyclic) bond motifs is 1. The summed E-state index contributed by atoms with van der Waals surface area (Å²) in [6, 6.07) is 8.73. The number of hydrogen-bond acceptors (Lipinski definition) is 5. The van der Waals surface area contributed by atoms with Gasteiger partial charge in [0.05, 0.1) is 12.6 Å². The van der Waals surface area contributed by atoms with Gasteiger partial charge < -0.3 is 9.64 Å². The Labute approximate surface area is 173 Å². The van der Waals surface area contributed by atoms with Gasteiger partial charge in [0.25, 0.3) is 0 Å². The van der Waals surface area contributed by atoms with Crippen molar-refractivity contribution >= 4 is 21.4 Å². The van der Waals surface area contributed by atoms with Crippen molar-refractivity contribution in [2.45, 2.75) is 25.5 Å². The van der Waals surface area contributed by atoms with Gasteiger partial charge in [0.1, 0.15) is 6.61 Å². The summed E-state index contributed by atoms with van der Waals surface area (Å²) in [7, 11) is 2.19. The van der Waals surface area contributed by atoms with Crippen LogP contribution in [0.15, 0.2) is 29.6 Å². The Bertz CT molecular complexity index is 808. The predicted octanol–water partition coefficient (Wildman–Crippen LogP) is 3.13. The third kappa shape index (κ3) is 5.34. The average molecular weight is 398 g/mol. The minimum absolute atomic E-state index is 0.369. The molecule has 0 spiro atoms. The third-order valence-corrected chi connectivity index (χ3v) is 6.92. The Morgan fingerprint density at radius 1 is 1.00 bits per heavy atom. The van der Waals surface area contributed by atoms with E-state index in [9.17, 15) is 0 Å². The van der Waals surface area contributed by atoms with Gasteiger partial charge in [0.15, 0.2) is 0 Å². The fraction of sp³-hybridized carbons (Fsp3) is 0.565. The van der Waals surface area contributed by atoms with E-state index in [0.29, 0.717) is 12.7 Å². The number of thiophene rings is 1. The van der Waals surface area contributed by atoms with Crippen LogP contribution in [0.5, 0.6) is 0 Å². The van der Waals surface area contributed by atoms with Crippen LogP contribution < -0.4 is 0 Å². The fourth-order valence-electron chi connectivity index (χ4n) is 4.01. The Hall–Kier alpha value is -1.42. The zero-order valence-corrected chi connectivity index (χ0v) is 17.7. The number of rotatable bonds is 5. The number of benzene rings is 1. The summed E-state index contributed by atoms with van der Waals surface area (Å²) in [5.74, 6) is 6.51. The second-order valence-electron chi connectivity index (χ2n) is 7.98. The topological polar surface area (TPSA) is 19.0 Å². The molecule has 0 N–H and O–H groups in total. The van der Waals surface area contributed by atoms with Crippen LogP contribution in [-0.2, 0) is 11.3 Å². The molecule has 0 bridgehead atoms. The molecule has 2 fully saturated rings. The Morgan fingerprint density at radius 2 is 1.79 bits per heavy atom. The summed E-state index contributed by atoms with van der Waals surface area (Å²) in [4.78, 5) is 7.37. The molecule has 2 saturated heterocycles. The Morgan fingerprint density at radius 3 is 2.61 bits per heavy atom. The van der Waals surface area contributed by atoms with E-state index in [0.717, 1.165) is 65.2 Å². The lowest BCUT2D eigenvalue weighted by Gasteiger charge is -2.31. The lowest BCUT2D eigenvalue weighted by Crippen LogP contribution is -2.44. The summed E-state index contributed by atoms with van der Waals surface area (Å²) in [5.41, 5.74) is 1.47. The van der Waals surface area contributed by atoms with E-state index < -0.39 is 0 Å². The molecule has 2 aromatic rings. The second kappa shape index (κ2) is 9.87. The van der Waals surface area contributed by atoms with Crippen molar-refractivity contribution in [2.24, 2.45) is 0 Å². The van der Waals surface area contributed by atoms with Gasteiger partial charge >= 0.3 is 0 Å². The molecular weight excluding hydrogens is 366 g/mol. The van der Waals surface area contributed by atoms with Crippen molar-refractivity contribution in [1.82, 2.24) is 14.7 Å². The van der Waals surface area contributed by atoms with E-state index in [-0.39, 0.29) is 0 Å². The maximum absolute atomic E-state index is 6.02. The van der Waals surface area contributed by atoms with Crippen LogP contribution in [-0.4, -0.2) is 80.3 Å². The molecule has 1 aromatic heterocycles. The summed E-state index contributed by atoms with van der Waals surface area (Å²) < 4.78 is 7.41. The van der Waals surface area contributed by atoms with Crippen molar-refractivity contribution in [3.05, 3.63) is 35.2 Å². The SMILES string of the molecule is CN1CCN(CC#CCOC2CCN(Cc3csc4ccccc34)CC2)CC1. The van der Waals surface area contributed by atoms with Gasteiger partial charge in [-0.15, -0.1) is 11.3 Å². The van der Waals surface area contributed by atoms with Crippen molar-refractivity contribution in [3.8, 4) is 11.8 Å². The zero-order chi connectivity index (χ0) is 19.2. The summed E-state index contributed by atoms with van der Waals surface area (Å²) in [5, 5.41) is 3.74. The number of ether oxygens (including phenoxy) is 1. The first kappa shape index (κ1) is 19.9. The summed E-state index contributed by atoms with van der Waals surface area (Å²) >= 11 is 1.86. The summed E-state index contributed by atoms with van der Waals surface area (Å²) in [6.07, 6.45) is 2.60. The number of piperazine rings is 1. The van der Waals surface area contributed by atoms with Crippen LogP contribution in [0.3, 0.4) is 0 Å². The fourth-order valence-corrected chi connectivity index (χ4v) is 4.97. The zero-order valence-electron chi connectivity index (χ0n) is 16.9. The van der Waals surface area contributed by atoms with Crippen LogP contribution in [0.25, 0.3) is 10.1 Å². The quantitative estimate of drug-likeness (QED) is 0.722. The molecule has 2 aliphatic heterocycles. The van der Waals surface area contributed by atoms with Crippen molar-refractivity contribution in [1.29, 1.82) is 0 Å². The highest BCUT2D eigenvalue weighted by Crippen LogP contribution is 2.27. The molecule has 5 heteroatoms. The Balaban J connectivity index is 1.15.